The topological polar surface area (TPSA) is 97.4 Å². The van der Waals surface area contributed by atoms with Crippen LogP contribution in [0.15, 0.2) is 30.6 Å². The molecule has 0 atom stereocenters. The molecule has 2 fully saturated rings. The molecule has 10 nitrogen and oxygen atoms in total. The molecule has 0 bridgehead atoms. The SMILES string of the molecule is CB(O)N1CCC(n2cnc3c(-n4c(C(F)F)nc5ccccc54)nc(N4CCOCC4)nc32)CC1. The van der Waals surface area contributed by atoms with Gasteiger partial charge in [0.05, 0.1) is 30.6 Å². The summed E-state index contributed by atoms with van der Waals surface area (Å²) in [6, 6.07) is 7.18. The second-order valence-electron chi connectivity index (χ2n) is 9.26. The Morgan fingerprint density at radius 1 is 1.06 bits per heavy atom. The fourth-order valence-electron chi connectivity index (χ4n) is 5.17. The van der Waals surface area contributed by atoms with Gasteiger partial charge in [-0.05, 0) is 44.9 Å². The van der Waals surface area contributed by atoms with Crippen LogP contribution < -0.4 is 4.90 Å². The van der Waals surface area contributed by atoms with Crippen LogP contribution in [0.4, 0.5) is 14.7 Å². The predicted molar refractivity (Wildman–Crippen MR) is 132 cm³/mol. The number of ether oxygens (including phenoxy) is 1. The van der Waals surface area contributed by atoms with E-state index in [1.54, 1.807) is 37.4 Å². The van der Waals surface area contributed by atoms with Gasteiger partial charge in [0, 0.05) is 19.1 Å². The van der Waals surface area contributed by atoms with E-state index in [1.807, 2.05) is 14.3 Å². The van der Waals surface area contributed by atoms with Gasteiger partial charge >= 0.3 is 7.05 Å². The molecule has 5 heterocycles. The largest absolute Gasteiger partial charge is 0.437 e. The lowest BCUT2D eigenvalue weighted by molar-refractivity contribution is 0.122. The van der Waals surface area contributed by atoms with Gasteiger partial charge in [-0.3, -0.25) is 4.57 Å². The maximum absolute atomic E-state index is 14.2. The highest BCUT2D eigenvalue weighted by molar-refractivity contribution is 6.45. The van der Waals surface area contributed by atoms with Gasteiger partial charge < -0.3 is 24.0 Å². The Bertz CT molecular complexity index is 1380. The van der Waals surface area contributed by atoms with Crippen LogP contribution in [0.25, 0.3) is 28.0 Å². The van der Waals surface area contributed by atoms with E-state index in [-0.39, 0.29) is 11.9 Å². The maximum Gasteiger partial charge on any atom is 0.376 e. The zero-order valence-electron chi connectivity index (χ0n) is 20.0. The summed E-state index contributed by atoms with van der Waals surface area (Å²) in [5, 5.41) is 9.95. The van der Waals surface area contributed by atoms with Crippen molar-refractivity contribution in [2.24, 2.45) is 0 Å². The van der Waals surface area contributed by atoms with Gasteiger partial charge in [0.15, 0.2) is 22.8 Å². The summed E-state index contributed by atoms with van der Waals surface area (Å²) in [4.78, 5) is 22.6. The number of anilines is 1. The molecule has 0 unspecified atom stereocenters. The molecular weight excluding hydrogens is 469 g/mol. The lowest BCUT2D eigenvalue weighted by Crippen LogP contribution is -2.43. The van der Waals surface area contributed by atoms with E-state index in [2.05, 4.69) is 9.97 Å². The smallest absolute Gasteiger partial charge is 0.376 e. The first-order chi connectivity index (χ1) is 17.5. The molecule has 188 valence electrons. The van der Waals surface area contributed by atoms with Gasteiger partial charge in [0.2, 0.25) is 5.95 Å². The third kappa shape index (κ3) is 4.00. The van der Waals surface area contributed by atoms with Gasteiger partial charge in [0.25, 0.3) is 6.43 Å². The fourth-order valence-corrected chi connectivity index (χ4v) is 5.17. The normalized spacial score (nSPS) is 18.1. The van der Waals surface area contributed by atoms with Crippen molar-refractivity contribution in [3.05, 3.63) is 36.4 Å². The molecule has 3 aromatic heterocycles. The second-order valence-corrected chi connectivity index (χ2v) is 9.26. The Morgan fingerprint density at radius 3 is 2.53 bits per heavy atom. The van der Waals surface area contributed by atoms with Crippen molar-refractivity contribution >= 4 is 35.2 Å². The van der Waals surface area contributed by atoms with Crippen molar-refractivity contribution in [3.63, 3.8) is 0 Å². The van der Waals surface area contributed by atoms with Gasteiger partial charge in [-0.1, -0.05) is 12.1 Å². The van der Waals surface area contributed by atoms with Crippen LogP contribution in [0.5, 0.6) is 0 Å². The number of alkyl halides is 2. The van der Waals surface area contributed by atoms with Crippen LogP contribution in [0.1, 0.15) is 31.1 Å². The number of hydrogen-bond donors (Lipinski definition) is 1. The second kappa shape index (κ2) is 9.38. The Balaban J connectivity index is 1.53. The zero-order chi connectivity index (χ0) is 24.8. The summed E-state index contributed by atoms with van der Waals surface area (Å²) in [7, 11) is -0.491. The van der Waals surface area contributed by atoms with Crippen molar-refractivity contribution in [2.45, 2.75) is 32.1 Å². The molecule has 0 radical (unpaired) electrons. The number of piperidine rings is 1. The molecule has 0 saturated carbocycles. The fraction of sp³-hybridized carbons (Fsp3) is 0.478. The Hall–Kier alpha value is -3.16. The number of morpholine rings is 1. The van der Waals surface area contributed by atoms with E-state index < -0.39 is 13.5 Å². The van der Waals surface area contributed by atoms with Crippen molar-refractivity contribution in [1.29, 1.82) is 0 Å². The van der Waals surface area contributed by atoms with E-state index in [1.165, 1.54) is 4.57 Å². The van der Waals surface area contributed by atoms with E-state index in [0.29, 0.717) is 60.3 Å². The lowest BCUT2D eigenvalue weighted by atomic mass is 9.82. The highest BCUT2D eigenvalue weighted by Gasteiger charge is 2.29. The van der Waals surface area contributed by atoms with Crippen LogP contribution in [0.2, 0.25) is 6.82 Å². The van der Waals surface area contributed by atoms with Crippen LogP contribution in [-0.4, -0.2) is 85.3 Å². The number of fused-ring (bicyclic) bond motifs is 2. The van der Waals surface area contributed by atoms with Crippen molar-refractivity contribution in [1.82, 2.24) is 33.9 Å². The van der Waals surface area contributed by atoms with E-state index in [9.17, 15) is 13.8 Å². The van der Waals surface area contributed by atoms with Crippen LogP contribution >= 0.6 is 0 Å². The van der Waals surface area contributed by atoms with Gasteiger partial charge in [0.1, 0.15) is 0 Å². The minimum Gasteiger partial charge on any atom is -0.437 e. The third-order valence-corrected chi connectivity index (χ3v) is 7.10. The Kier molecular flexibility index (Phi) is 6.06. The molecule has 4 aromatic rings. The number of hydrogen-bond acceptors (Lipinski definition) is 8. The summed E-state index contributed by atoms with van der Waals surface area (Å²) in [5.74, 6) is 0.386. The first kappa shape index (κ1) is 23.3. The highest BCUT2D eigenvalue weighted by Crippen LogP contribution is 2.33. The monoisotopic (exact) mass is 496 g/mol. The third-order valence-electron chi connectivity index (χ3n) is 7.10. The lowest BCUT2D eigenvalue weighted by Gasteiger charge is -2.33. The molecule has 36 heavy (non-hydrogen) atoms. The number of aromatic nitrogens is 6. The van der Waals surface area contributed by atoms with Crippen LogP contribution in [0.3, 0.4) is 0 Å². The van der Waals surface area contributed by atoms with Crippen LogP contribution in [-0.2, 0) is 4.74 Å². The average molecular weight is 496 g/mol. The molecule has 1 N–H and O–H groups in total. The molecule has 2 aliphatic rings. The molecule has 2 aliphatic heterocycles. The molecular formula is C23H27BF2N8O2. The maximum atomic E-state index is 14.2. The van der Waals surface area contributed by atoms with Gasteiger partial charge in [-0.15, -0.1) is 0 Å². The van der Waals surface area contributed by atoms with Crippen LogP contribution in [0, 0.1) is 0 Å². The van der Waals surface area contributed by atoms with Gasteiger partial charge in [-0.25, -0.2) is 18.7 Å². The summed E-state index contributed by atoms with van der Waals surface area (Å²) in [6.45, 7) is 5.58. The average Bonchev–Trinajstić information content (AvgIpc) is 3.51. The van der Waals surface area contributed by atoms with E-state index in [4.69, 9.17) is 14.7 Å². The minimum atomic E-state index is -2.79. The first-order valence-corrected chi connectivity index (χ1v) is 12.3. The van der Waals surface area contributed by atoms with Crippen molar-refractivity contribution < 1.29 is 18.5 Å². The molecule has 13 heteroatoms. The highest BCUT2D eigenvalue weighted by atomic mass is 19.3. The summed E-state index contributed by atoms with van der Waals surface area (Å²) >= 11 is 0. The predicted octanol–water partition coefficient (Wildman–Crippen LogP) is 2.69. The number of rotatable bonds is 5. The van der Waals surface area contributed by atoms with Crippen molar-refractivity contribution in [2.75, 3.05) is 44.3 Å². The van der Waals surface area contributed by atoms with E-state index >= 15 is 0 Å². The molecule has 1 aromatic carbocycles. The zero-order valence-corrected chi connectivity index (χ0v) is 20.0. The minimum absolute atomic E-state index is 0.124. The molecule has 0 aliphatic carbocycles. The Morgan fingerprint density at radius 2 is 1.81 bits per heavy atom. The summed E-state index contributed by atoms with van der Waals surface area (Å²) in [6.07, 6.45) is 0.578. The Labute approximate surface area is 206 Å². The standard InChI is InChI=1S/C23H27BF2N8O2/c1-24(35)32-8-6-15(7-9-32)33-14-27-18-20(33)29-23(31-10-12-36-13-11-31)30-21(18)34-17-5-3-2-4-16(17)28-22(34)19(25)26/h2-5,14-15,19,35H,6-13H2,1H3. The number of imidazole rings is 2. The molecule has 0 amide bonds. The van der Waals surface area contributed by atoms with Crippen molar-refractivity contribution in [3.8, 4) is 5.82 Å². The number of nitrogens with zero attached hydrogens (tertiary/aromatic N) is 8. The number of halogens is 2. The summed E-state index contributed by atoms with van der Waals surface area (Å²) in [5.41, 5.74) is 2.07. The van der Waals surface area contributed by atoms with E-state index in [0.717, 1.165) is 25.9 Å². The first-order valence-electron chi connectivity index (χ1n) is 12.3. The molecule has 6 rings (SSSR count). The summed E-state index contributed by atoms with van der Waals surface area (Å²) < 4.78 is 37.3. The van der Waals surface area contributed by atoms with Gasteiger partial charge in [-0.2, -0.15) is 9.97 Å². The number of benzene rings is 1. The molecule has 2 saturated heterocycles. The quantitative estimate of drug-likeness (QED) is 0.422. The number of para-hydroxylation sites is 2. The molecule has 0 spiro atoms.